The first-order chi connectivity index (χ1) is 15.3. The van der Waals surface area contributed by atoms with E-state index in [0.29, 0.717) is 22.6 Å². The van der Waals surface area contributed by atoms with Gasteiger partial charge >= 0.3 is 0 Å². The van der Waals surface area contributed by atoms with Crippen molar-refractivity contribution in [3.8, 4) is 5.75 Å². The summed E-state index contributed by atoms with van der Waals surface area (Å²) in [5.41, 5.74) is 3.36. The number of aliphatic hydroxyl groups is 1. The molecule has 1 amide bonds. The van der Waals surface area contributed by atoms with Gasteiger partial charge in [-0.2, -0.15) is 0 Å². The molecule has 1 atom stereocenters. The molecule has 32 heavy (non-hydrogen) atoms. The Kier molecular flexibility index (Phi) is 5.53. The summed E-state index contributed by atoms with van der Waals surface area (Å²) in [6, 6.07) is 16.6. The largest absolute Gasteiger partial charge is 0.507 e. The highest BCUT2D eigenvalue weighted by molar-refractivity contribution is 6.51. The molecule has 4 rings (SSSR count). The van der Waals surface area contributed by atoms with Crippen LogP contribution in [0.15, 0.2) is 72.3 Å². The van der Waals surface area contributed by atoms with E-state index in [-0.39, 0.29) is 11.3 Å². The first-order valence-electron chi connectivity index (χ1n) is 10.1. The molecule has 1 N–H and O–H groups in total. The Morgan fingerprint density at radius 2 is 1.59 bits per heavy atom. The van der Waals surface area contributed by atoms with Crippen molar-refractivity contribution in [2.45, 2.75) is 19.9 Å². The van der Waals surface area contributed by atoms with Crippen LogP contribution in [0.1, 0.15) is 28.3 Å². The lowest BCUT2D eigenvalue weighted by Gasteiger charge is -2.26. The van der Waals surface area contributed by atoms with Gasteiger partial charge in [-0.1, -0.05) is 18.2 Å². The van der Waals surface area contributed by atoms with Crippen molar-refractivity contribution < 1.29 is 23.8 Å². The smallest absolute Gasteiger partial charge is 0.300 e. The quantitative estimate of drug-likeness (QED) is 0.356. The van der Waals surface area contributed by atoms with E-state index in [1.54, 1.807) is 30.3 Å². The highest BCUT2D eigenvalue weighted by Crippen LogP contribution is 2.42. The highest BCUT2D eigenvalue weighted by Gasteiger charge is 2.47. The number of halogens is 1. The number of hydrogen-bond donors (Lipinski definition) is 1. The number of benzene rings is 3. The molecule has 1 aliphatic rings. The van der Waals surface area contributed by atoms with Crippen molar-refractivity contribution in [1.82, 2.24) is 0 Å². The van der Waals surface area contributed by atoms with Crippen LogP contribution in [-0.4, -0.2) is 23.9 Å². The van der Waals surface area contributed by atoms with Gasteiger partial charge in [0.2, 0.25) is 0 Å². The minimum absolute atomic E-state index is 0.0509. The third kappa shape index (κ3) is 3.64. The SMILES string of the molecule is COc1ccc(/C(O)=C2\C(=O)C(=O)N(c3ccc(C)c(C)c3)C2c2ccc(F)cc2)cc1. The number of nitrogens with zero attached hydrogens (tertiary/aromatic N) is 1. The minimum Gasteiger partial charge on any atom is -0.507 e. The molecule has 1 saturated heterocycles. The number of carbonyl (C=O) groups is 2. The second kappa shape index (κ2) is 8.30. The zero-order valence-electron chi connectivity index (χ0n) is 17.9. The van der Waals surface area contributed by atoms with E-state index >= 15 is 0 Å². The Balaban J connectivity index is 1.92. The fourth-order valence-corrected chi connectivity index (χ4v) is 3.84. The Bertz CT molecular complexity index is 1230. The maximum Gasteiger partial charge on any atom is 0.300 e. The molecule has 3 aromatic carbocycles. The van der Waals surface area contributed by atoms with Gasteiger partial charge in [0.25, 0.3) is 11.7 Å². The number of Topliss-reactive ketones (excluding diaryl/α,β-unsaturated/α-hetero) is 1. The lowest BCUT2D eigenvalue weighted by Crippen LogP contribution is -2.29. The number of hydrogen-bond acceptors (Lipinski definition) is 4. The number of anilines is 1. The predicted octanol–water partition coefficient (Wildman–Crippen LogP) is 5.08. The molecule has 1 aliphatic heterocycles. The molecule has 1 heterocycles. The summed E-state index contributed by atoms with van der Waals surface area (Å²) in [6.45, 7) is 3.87. The van der Waals surface area contributed by atoms with Gasteiger partial charge in [0.1, 0.15) is 17.3 Å². The minimum atomic E-state index is -0.903. The number of ketones is 1. The Morgan fingerprint density at radius 1 is 0.938 bits per heavy atom. The van der Waals surface area contributed by atoms with Gasteiger partial charge in [-0.15, -0.1) is 0 Å². The van der Waals surface area contributed by atoms with E-state index in [4.69, 9.17) is 4.74 Å². The predicted molar refractivity (Wildman–Crippen MR) is 120 cm³/mol. The summed E-state index contributed by atoms with van der Waals surface area (Å²) < 4.78 is 18.8. The van der Waals surface area contributed by atoms with Crippen molar-refractivity contribution >= 4 is 23.1 Å². The number of aryl methyl sites for hydroxylation is 2. The van der Waals surface area contributed by atoms with Crippen LogP contribution in [0.2, 0.25) is 0 Å². The van der Waals surface area contributed by atoms with Gasteiger partial charge in [0.05, 0.1) is 18.7 Å². The first-order valence-corrected chi connectivity index (χ1v) is 10.1. The van der Waals surface area contributed by atoms with Gasteiger partial charge in [0.15, 0.2) is 0 Å². The molecular formula is C26H22FNO4. The van der Waals surface area contributed by atoms with Crippen LogP contribution in [0.4, 0.5) is 10.1 Å². The third-order valence-electron chi connectivity index (χ3n) is 5.76. The van der Waals surface area contributed by atoms with E-state index in [1.165, 1.54) is 36.3 Å². The van der Waals surface area contributed by atoms with E-state index in [9.17, 15) is 19.1 Å². The molecule has 0 bridgehead atoms. The van der Waals surface area contributed by atoms with Crippen LogP contribution in [0.5, 0.6) is 5.75 Å². The summed E-state index contributed by atoms with van der Waals surface area (Å²) in [5, 5.41) is 11.1. The van der Waals surface area contributed by atoms with Crippen molar-refractivity contribution in [2.75, 3.05) is 12.0 Å². The molecule has 0 saturated carbocycles. The van der Waals surface area contributed by atoms with Gasteiger partial charge in [0, 0.05) is 11.3 Å². The number of ether oxygens (including phenoxy) is 1. The van der Waals surface area contributed by atoms with Crippen LogP contribution in [0.3, 0.4) is 0 Å². The average Bonchev–Trinajstić information content (AvgIpc) is 3.06. The molecular weight excluding hydrogens is 409 g/mol. The Morgan fingerprint density at radius 3 is 2.19 bits per heavy atom. The van der Waals surface area contributed by atoms with E-state index in [2.05, 4.69) is 0 Å². The molecule has 3 aromatic rings. The van der Waals surface area contributed by atoms with E-state index in [0.717, 1.165) is 11.1 Å². The van der Waals surface area contributed by atoms with Crippen LogP contribution in [-0.2, 0) is 9.59 Å². The van der Waals surface area contributed by atoms with Crippen molar-refractivity contribution in [2.24, 2.45) is 0 Å². The van der Waals surface area contributed by atoms with Gasteiger partial charge < -0.3 is 9.84 Å². The summed E-state index contributed by atoms with van der Waals surface area (Å²) in [4.78, 5) is 27.6. The molecule has 6 heteroatoms. The standard InChI is InChI=1S/C26H22FNO4/c1-15-4-11-20(14-16(15)2)28-23(17-5-9-19(27)10-6-17)22(25(30)26(28)31)24(29)18-7-12-21(32-3)13-8-18/h4-14,23,29H,1-3H3/b24-22+. The maximum atomic E-state index is 13.6. The van der Waals surface area contributed by atoms with Gasteiger partial charge in [-0.05, 0) is 79.1 Å². The zero-order chi connectivity index (χ0) is 23.0. The van der Waals surface area contributed by atoms with Crippen molar-refractivity contribution in [1.29, 1.82) is 0 Å². The maximum absolute atomic E-state index is 13.6. The topological polar surface area (TPSA) is 66.8 Å². The second-order valence-electron chi connectivity index (χ2n) is 7.72. The van der Waals surface area contributed by atoms with Crippen LogP contribution in [0, 0.1) is 19.7 Å². The third-order valence-corrected chi connectivity index (χ3v) is 5.76. The fraction of sp³-hybridized carbons (Fsp3) is 0.154. The highest BCUT2D eigenvalue weighted by atomic mass is 19.1. The zero-order valence-corrected chi connectivity index (χ0v) is 17.9. The molecule has 0 spiro atoms. The van der Waals surface area contributed by atoms with E-state index in [1.807, 2.05) is 26.0 Å². The second-order valence-corrected chi connectivity index (χ2v) is 7.72. The molecule has 162 valence electrons. The molecule has 1 fully saturated rings. The Hall–Kier alpha value is -3.93. The molecule has 0 aliphatic carbocycles. The summed E-state index contributed by atoms with van der Waals surface area (Å²) >= 11 is 0. The van der Waals surface area contributed by atoms with E-state index < -0.39 is 23.5 Å². The number of aliphatic hydroxyl groups excluding tert-OH is 1. The average molecular weight is 431 g/mol. The van der Waals surface area contributed by atoms with Crippen LogP contribution in [0.25, 0.3) is 5.76 Å². The van der Waals surface area contributed by atoms with Crippen molar-refractivity contribution in [3.63, 3.8) is 0 Å². The van der Waals surface area contributed by atoms with Gasteiger partial charge in [-0.3, -0.25) is 14.5 Å². The number of methoxy groups -OCH3 is 1. The summed E-state index contributed by atoms with van der Waals surface area (Å²) in [5.74, 6) is -1.70. The summed E-state index contributed by atoms with van der Waals surface area (Å²) in [6.07, 6.45) is 0. The van der Waals surface area contributed by atoms with Gasteiger partial charge in [-0.25, -0.2) is 4.39 Å². The van der Waals surface area contributed by atoms with Crippen molar-refractivity contribution in [3.05, 3.63) is 100 Å². The number of rotatable bonds is 4. The fourth-order valence-electron chi connectivity index (χ4n) is 3.84. The van der Waals surface area contributed by atoms with Crippen LogP contribution >= 0.6 is 0 Å². The monoisotopic (exact) mass is 431 g/mol. The molecule has 5 nitrogen and oxygen atoms in total. The first kappa shape index (κ1) is 21.3. The molecule has 0 aromatic heterocycles. The molecule has 0 radical (unpaired) electrons. The lowest BCUT2D eigenvalue weighted by atomic mass is 9.95. The summed E-state index contributed by atoms with van der Waals surface area (Å²) in [7, 11) is 1.53. The molecule has 1 unspecified atom stereocenters. The van der Waals surface area contributed by atoms with Crippen LogP contribution < -0.4 is 9.64 Å². The Labute approximate surface area is 185 Å². The lowest BCUT2D eigenvalue weighted by molar-refractivity contribution is -0.132. The normalized spacial score (nSPS) is 17.6. The number of amides is 1. The number of carbonyl (C=O) groups excluding carboxylic acids is 2.